The molecule has 1 aromatic carbocycles. The van der Waals surface area contributed by atoms with Gasteiger partial charge >= 0.3 is 0 Å². The summed E-state index contributed by atoms with van der Waals surface area (Å²) in [5, 5.41) is 14.0. The first-order valence-electron chi connectivity index (χ1n) is 7.52. The van der Waals surface area contributed by atoms with Crippen molar-refractivity contribution in [2.24, 2.45) is 5.41 Å². The predicted octanol–water partition coefficient (Wildman–Crippen LogP) is 3.33. The Labute approximate surface area is 131 Å². The molecule has 3 nitrogen and oxygen atoms in total. The van der Waals surface area contributed by atoms with Crippen LogP contribution in [0.3, 0.4) is 0 Å². The van der Waals surface area contributed by atoms with Gasteiger partial charge in [0.25, 0.3) is 0 Å². The second kappa shape index (κ2) is 6.37. The summed E-state index contributed by atoms with van der Waals surface area (Å²) in [5.41, 5.74) is 0.485. The third-order valence-electron chi connectivity index (χ3n) is 4.43. The first-order chi connectivity index (χ1) is 9.78. The summed E-state index contributed by atoms with van der Waals surface area (Å²) in [6, 6.07) is 7.25. The molecule has 0 radical (unpaired) electrons. The van der Waals surface area contributed by atoms with Gasteiger partial charge in [-0.1, -0.05) is 37.6 Å². The molecule has 2 N–H and O–H groups in total. The maximum atomic E-state index is 12.0. The lowest BCUT2D eigenvalue weighted by atomic mass is 9.71. The van der Waals surface area contributed by atoms with Gasteiger partial charge < -0.3 is 10.4 Å². The molecule has 1 fully saturated rings. The highest BCUT2D eigenvalue weighted by atomic mass is 35.5. The van der Waals surface area contributed by atoms with Gasteiger partial charge in [-0.15, -0.1) is 0 Å². The molecule has 0 aromatic heterocycles. The molecule has 0 saturated heterocycles. The second-order valence-corrected chi connectivity index (χ2v) is 7.40. The minimum absolute atomic E-state index is 0.0596. The predicted molar refractivity (Wildman–Crippen MR) is 85.4 cm³/mol. The number of amides is 1. The Balaban J connectivity index is 1.80. The number of aliphatic hydroxyl groups is 1. The number of rotatable bonds is 4. The molecule has 0 unspecified atom stereocenters. The summed E-state index contributed by atoms with van der Waals surface area (Å²) in [7, 11) is 0. The monoisotopic (exact) mass is 309 g/mol. The van der Waals surface area contributed by atoms with Gasteiger partial charge in [0.15, 0.2) is 0 Å². The van der Waals surface area contributed by atoms with E-state index < -0.39 is 5.60 Å². The van der Waals surface area contributed by atoms with E-state index in [1.165, 1.54) is 0 Å². The van der Waals surface area contributed by atoms with Gasteiger partial charge in [-0.2, -0.15) is 0 Å². The van der Waals surface area contributed by atoms with Crippen LogP contribution in [0.25, 0.3) is 0 Å². The second-order valence-electron chi connectivity index (χ2n) is 6.97. The highest BCUT2D eigenvalue weighted by Crippen LogP contribution is 2.39. The van der Waals surface area contributed by atoms with Crippen LogP contribution in [0, 0.1) is 5.41 Å². The van der Waals surface area contributed by atoms with Crippen LogP contribution in [-0.4, -0.2) is 23.2 Å². The molecular weight excluding hydrogens is 286 g/mol. The molecule has 0 aliphatic heterocycles. The summed E-state index contributed by atoms with van der Waals surface area (Å²) in [6.45, 7) is 4.80. The molecule has 1 saturated carbocycles. The van der Waals surface area contributed by atoms with Crippen molar-refractivity contribution in [1.29, 1.82) is 0 Å². The highest BCUT2D eigenvalue weighted by Gasteiger charge is 2.36. The summed E-state index contributed by atoms with van der Waals surface area (Å²) in [5.74, 6) is -0.0596. The Morgan fingerprint density at radius 3 is 2.33 bits per heavy atom. The summed E-state index contributed by atoms with van der Waals surface area (Å²) < 4.78 is 0. The number of nitrogens with one attached hydrogen (secondary N) is 1. The smallest absolute Gasteiger partial charge is 0.224 e. The van der Waals surface area contributed by atoms with Gasteiger partial charge in [0.05, 0.1) is 12.0 Å². The minimum atomic E-state index is -0.745. The first-order valence-corrected chi connectivity index (χ1v) is 7.89. The summed E-state index contributed by atoms with van der Waals surface area (Å²) in [6.07, 6.45) is 3.81. The lowest BCUT2D eigenvalue weighted by Crippen LogP contribution is -2.46. The van der Waals surface area contributed by atoms with Gasteiger partial charge in [-0.05, 0) is 48.8 Å². The Morgan fingerprint density at radius 2 is 1.76 bits per heavy atom. The van der Waals surface area contributed by atoms with E-state index in [2.05, 4.69) is 19.2 Å². The fraction of sp³-hybridized carbons (Fsp3) is 0.588. The van der Waals surface area contributed by atoms with Gasteiger partial charge in [0.1, 0.15) is 0 Å². The summed E-state index contributed by atoms with van der Waals surface area (Å²) >= 11 is 5.82. The maximum absolute atomic E-state index is 12.0. The number of benzene rings is 1. The number of carbonyl (C=O) groups excluding carboxylic acids is 1. The van der Waals surface area contributed by atoms with Gasteiger partial charge in [0.2, 0.25) is 5.91 Å². The average Bonchev–Trinajstić information content (AvgIpc) is 2.43. The van der Waals surface area contributed by atoms with Gasteiger partial charge in [0, 0.05) is 11.6 Å². The van der Waals surface area contributed by atoms with Crippen LogP contribution in [0.5, 0.6) is 0 Å². The Bertz CT molecular complexity index is 486. The van der Waals surface area contributed by atoms with Crippen molar-refractivity contribution in [2.75, 3.05) is 6.54 Å². The Morgan fingerprint density at radius 1 is 1.19 bits per heavy atom. The lowest BCUT2D eigenvalue weighted by Gasteiger charge is -2.40. The zero-order chi connectivity index (χ0) is 15.5. The van der Waals surface area contributed by atoms with Gasteiger partial charge in [-0.25, -0.2) is 0 Å². The van der Waals surface area contributed by atoms with Crippen LogP contribution < -0.4 is 5.32 Å². The molecule has 0 heterocycles. The fourth-order valence-corrected chi connectivity index (χ4v) is 2.81. The molecule has 4 heteroatoms. The third kappa shape index (κ3) is 5.01. The van der Waals surface area contributed by atoms with E-state index >= 15 is 0 Å². The van der Waals surface area contributed by atoms with Crippen molar-refractivity contribution in [2.45, 2.75) is 51.6 Å². The van der Waals surface area contributed by atoms with Crippen LogP contribution in [0.2, 0.25) is 5.02 Å². The van der Waals surface area contributed by atoms with Crippen molar-refractivity contribution < 1.29 is 9.90 Å². The number of carbonyl (C=O) groups is 1. The number of hydrogen-bond donors (Lipinski definition) is 2. The standard InChI is InChI=1S/C17H24ClNO2/c1-16(2)7-9-17(21,10-8-16)12-19-15(20)11-13-3-5-14(18)6-4-13/h3-6,21H,7-12H2,1-2H3,(H,19,20). The van der Waals surface area contributed by atoms with Crippen LogP contribution >= 0.6 is 11.6 Å². The van der Waals surface area contributed by atoms with Gasteiger partial charge in [-0.3, -0.25) is 4.79 Å². The molecule has 21 heavy (non-hydrogen) atoms. The molecule has 0 spiro atoms. The molecule has 116 valence electrons. The fourth-order valence-electron chi connectivity index (χ4n) is 2.68. The van der Waals surface area contributed by atoms with E-state index in [-0.39, 0.29) is 5.91 Å². The quantitative estimate of drug-likeness (QED) is 0.896. The van der Waals surface area contributed by atoms with E-state index in [1.807, 2.05) is 12.1 Å². The number of hydrogen-bond acceptors (Lipinski definition) is 2. The minimum Gasteiger partial charge on any atom is -0.388 e. The third-order valence-corrected chi connectivity index (χ3v) is 4.68. The van der Waals surface area contributed by atoms with E-state index in [4.69, 9.17) is 11.6 Å². The molecule has 0 atom stereocenters. The first kappa shape index (κ1) is 16.3. The maximum Gasteiger partial charge on any atom is 0.224 e. The Kier molecular flexibility index (Phi) is 4.95. The largest absolute Gasteiger partial charge is 0.388 e. The lowest BCUT2D eigenvalue weighted by molar-refractivity contribution is -0.122. The van der Waals surface area contributed by atoms with Crippen molar-refractivity contribution in [1.82, 2.24) is 5.32 Å². The van der Waals surface area contributed by atoms with Crippen LogP contribution in [0.1, 0.15) is 45.1 Å². The zero-order valence-corrected chi connectivity index (χ0v) is 13.5. The molecule has 1 aliphatic carbocycles. The molecule has 0 bridgehead atoms. The van der Waals surface area contributed by atoms with E-state index in [1.54, 1.807) is 12.1 Å². The summed E-state index contributed by atoms with van der Waals surface area (Å²) in [4.78, 5) is 12.0. The molecular formula is C17H24ClNO2. The van der Waals surface area contributed by atoms with E-state index in [0.29, 0.717) is 23.4 Å². The molecule has 1 aliphatic rings. The normalized spacial score (nSPS) is 20.0. The van der Waals surface area contributed by atoms with Crippen molar-refractivity contribution in [3.8, 4) is 0 Å². The topological polar surface area (TPSA) is 49.3 Å². The van der Waals surface area contributed by atoms with Crippen molar-refractivity contribution in [3.63, 3.8) is 0 Å². The zero-order valence-electron chi connectivity index (χ0n) is 12.8. The molecule has 2 rings (SSSR count). The average molecular weight is 310 g/mol. The van der Waals surface area contributed by atoms with Crippen LogP contribution in [0.4, 0.5) is 0 Å². The number of halogens is 1. The van der Waals surface area contributed by atoms with Crippen molar-refractivity contribution in [3.05, 3.63) is 34.9 Å². The van der Waals surface area contributed by atoms with Crippen LogP contribution in [-0.2, 0) is 11.2 Å². The van der Waals surface area contributed by atoms with Crippen LogP contribution in [0.15, 0.2) is 24.3 Å². The molecule has 1 aromatic rings. The molecule has 1 amide bonds. The van der Waals surface area contributed by atoms with E-state index in [9.17, 15) is 9.90 Å². The SMILES string of the molecule is CC1(C)CCC(O)(CNC(=O)Cc2ccc(Cl)cc2)CC1. The highest BCUT2D eigenvalue weighted by molar-refractivity contribution is 6.30. The Hall–Kier alpha value is -1.06. The van der Waals surface area contributed by atoms with Crippen molar-refractivity contribution >= 4 is 17.5 Å². The van der Waals surface area contributed by atoms with E-state index in [0.717, 1.165) is 31.2 Å².